The molecule has 0 bridgehead atoms. The van der Waals surface area contributed by atoms with Crippen molar-refractivity contribution in [3.63, 3.8) is 0 Å². The van der Waals surface area contributed by atoms with Gasteiger partial charge >= 0.3 is 6.09 Å². The van der Waals surface area contributed by atoms with Gasteiger partial charge in [0.05, 0.1) is 12.1 Å². The molecule has 7 heteroatoms. The maximum atomic E-state index is 13.4. The number of nitrogens with zero attached hydrogens (tertiary/aromatic N) is 1. The van der Waals surface area contributed by atoms with Crippen LogP contribution in [-0.4, -0.2) is 60.1 Å². The van der Waals surface area contributed by atoms with Crippen molar-refractivity contribution < 1.29 is 23.8 Å². The first kappa shape index (κ1) is 32.7. The second-order valence-corrected chi connectivity index (χ2v) is 12.9. The Kier molecular flexibility index (Phi) is 12.7. The fourth-order valence-corrected chi connectivity index (χ4v) is 4.66. The van der Waals surface area contributed by atoms with Crippen molar-refractivity contribution in [2.24, 2.45) is 17.3 Å². The van der Waals surface area contributed by atoms with Crippen molar-refractivity contribution in [1.82, 2.24) is 10.2 Å². The number of nitrogens with one attached hydrogen (secondary N) is 1. The molecule has 1 rings (SSSR count). The monoisotopic (exact) mass is 512 g/mol. The van der Waals surface area contributed by atoms with Crippen molar-refractivity contribution in [2.75, 3.05) is 19.8 Å². The minimum absolute atomic E-state index is 0.0233. The van der Waals surface area contributed by atoms with E-state index in [1.54, 1.807) is 4.90 Å². The first-order chi connectivity index (χ1) is 16.6. The predicted octanol–water partition coefficient (Wildman–Crippen LogP) is 6.54. The number of amides is 2. The van der Waals surface area contributed by atoms with Crippen LogP contribution in [0.5, 0.6) is 0 Å². The lowest BCUT2D eigenvalue weighted by Gasteiger charge is -2.37. The molecule has 3 atom stereocenters. The molecule has 1 unspecified atom stereocenters. The zero-order valence-corrected chi connectivity index (χ0v) is 25.2. The molecule has 1 heterocycles. The Morgan fingerprint density at radius 3 is 2.19 bits per heavy atom. The molecule has 212 valence electrons. The van der Waals surface area contributed by atoms with Crippen LogP contribution in [0.4, 0.5) is 4.79 Å². The van der Waals surface area contributed by atoms with Gasteiger partial charge in [0.1, 0.15) is 11.3 Å². The van der Waals surface area contributed by atoms with E-state index in [0.29, 0.717) is 25.5 Å². The van der Waals surface area contributed by atoms with Crippen LogP contribution in [0.2, 0.25) is 0 Å². The van der Waals surface area contributed by atoms with Crippen LogP contribution in [0, 0.1) is 17.3 Å². The molecule has 1 N–H and O–H groups in total. The molecule has 0 aromatic rings. The largest absolute Gasteiger partial charge is 0.444 e. The Labute approximate surface area is 221 Å². The molecule has 0 spiro atoms. The van der Waals surface area contributed by atoms with E-state index >= 15 is 0 Å². The number of ether oxygens (including phenoxy) is 3. The summed E-state index contributed by atoms with van der Waals surface area (Å²) in [5.74, 6) is 0.641. The normalized spacial score (nSPS) is 21.1. The van der Waals surface area contributed by atoms with Gasteiger partial charge < -0.3 is 19.5 Å². The van der Waals surface area contributed by atoms with Gasteiger partial charge in [-0.05, 0) is 65.7 Å². The third-order valence-corrected chi connectivity index (χ3v) is 7.07. The van der Waals surface area contributed by atoms with Crippen LogP contribution in [0.25, 0.3) is 0 Å². The summed E-state index contributed by atoms with van der Waals surface area (Å²) in [5, 5.41) is 3.14. The molecule has 1 aliphatic rings. The summed E-state index contributed by atoms with van der Waals surface area (Å²) in [7, 11) is 0. The summed E-state index contributed by atoms with van der Waals surface area (Å²) in [6.07, 6.45) is 5.03. The van der Waals surface area contributed by atoms with E-state index in [1.165, 1.54) is 0 Å². The number of carbonyl (C=O) groups excluding carboxylic acids is 2. The molecule has 0 radical (unpaired) electrons. The van der Waals surface area contributed by atoms with Crippen molar-refractivity contribution >= 4 is 12.0 Å². The quantitative estimate of drug-likeness (QED) is 0.267. The summed E-state index contributed by atoms with van der Waals surface area (Å²) in [6.45, 7) is 23.8. The number of rotatable bonds is 14. The number of carbonyl (C=O) groups is 2. The maximum Gasteiger partial charge on any atom is 0.412 e. The lowest BCUT2D eigenvalue weighted by molar-refractivity contribution is -0.131. The molecule has 36 heavy (non-hydrogen) atoms. The smallest absolute Gasteiger partial charge is 0.412 e. The van der Waals surface area contributed by atoms with Crippen molar-refractivity contribution in [3.05, 3.63) is 0 Å². The van der Waals surface area contributed by atoms with Crippen molar-refractivity contribution in [2.45, 2.75) is 138 Å². The average molecular weight is 513 g/mol. The highest BCUT2D eigenvalue weighted by Gasteiger charge is 2.52. The first-order valence-corrected chi connectivity index (χ1v) is 14.1. The molecule has 0 saturated carbocycles. The van der Waals surface area contributed by atoms with Crippen LogP contribution in [0.15, 0.2) is 0 Å². The van der Waals surface area contributed by atoms with E-state index in [0.717, 1.165) is 38.7 Å². The Morgan fingerprint density at radius 1 is 1.06 bits per heavy atom. The SMILES string of the molecule is CCCCOC[C@@H](C[C@H]1C(CNC(=O)C(C)(C)CCCC)OC(C)(C)N1C(=O)OC(C)(C)C)C(C)C. The standard InChI is InChI=1S/C29H56N2O5/c1-12-14-16-28(8,9)25(32)30-19-24-23(18-22(21(3)4)20-34-17-15-13-2)31(29(10,11)35-24)26(33)36-27(5,6)7/h21-24H,12-20H2,1-11H3,(H,30,32)/t22-,23+,24?/m1/s1. The van der Waals surface area contributed by atoms with Crippen LogP contribution >= 0.6 is 0 Å². The fourth-order valence-electron chi connectivity index (χ4n) is 4.66. The number of hydrogen-bond donors (Lipinski definition) is 1. The second-order valence-electron chi connectivity index (χ2n) is 12.9. The van der Waals surface area contributed by atoms with E-state index in [9.17, 15) is 9.59 Å². The molecule has 0 aromatic carbocycles. The highest BCUT2D eigenvalue weighted by Crippen LogP contribution is 2.38. The van der Waals surface area contributed by atoms with Gasteiger partial charge in [0.25, 0.3) is 0 Å². The summed E-state index contributed by atoms with van der Waals surface area (Å²) in [5.41, 5.74) is -1.92. The third kappa shape index (κ3) is 10.2. The lowest BCUT2D eigenvalue weighted by atomic mass is 9.85. The van der Waals surface area contributed by atoms with Gasteiger partial charge in [0.15, 0.2) is 0 Å². The molecule has 1 fully saturated rings. The summed E-state index contributed by atoms with van der Waals surface area (Å²) in [4.78, 5) is 28.2. The van der Waals surface area contributed by atoms with Gasteiger partial charge in [-0.2, -0.15) is 0 Å². The molecule has 0 aliphatic carbocycles. The molecule has 7 nitrogen and oxygen atoms in total. The fraction of sp³-hybridized carbons (Fsp3) is 0.931. The molecular formula is C29H56N2O5. The second kappa shape index (κ2) is 14.0. The zero-order valence-electron chi connectivity index (χ0n) is 25.2. The highest BCUT2D eigenvalue weighted by atomic mass is 16.6. The van der Waals surface area contributed by atoms with E-state index in [2.05, 4.69) is 33.0 Å². The van der Waals surface area contributed by atoms with Crippen molar-refractivity contribution in [1.29, 1.82) is 0 Å². The zero-order chi connectivity index (χ0) is 27.7. The summed E-state index contributed by atoms with van der Waals surface area (Å²) >= 11 is 0. The molecule has 2 amide bonds. The molecule has 1 aliphatic heterocycles. The number of hydrogen-bond acceptors (Lipinski definition) is 5. The van der Waals surface area contributed by atoms with Crippen LogP contribution < -0.4 is 5.32 Å². The van der Waals surface area contributed by atoms with Crippen LogP contribution in [0.1, 0.15) is 115 Å². The van der Waals surface area contributed by atoms with Gasteiger partial charge in [-0.25, -0.2) is 4.79 Å². The summed E-state index contributed by atoms with van der Waals surface area (Å²) in [6, 6.07) is -0.240. The minimum Gasteiger partial charge on any atom is -0.444 e. The topological polar surface area (TPSA) is 77.1 Å². The highest BCUT2D eigenvalue weighted by molar-refractivity contribution is 5.81. The Hall–Kier alpha value is -1.34. The van der Waals surface area contributed by atoms with Crippen molar-refractivity contribution in [3.8, 4) is 0 Å². The van der Waals surface area contributed by atoms with E-state index < -0.39 is 16.7 Å². The average Bonchev–Trinajstić information content (AvgIpc) is 3.00. The molecular weight excluding hydrogens is 456 g/mol. The Morgan fingerprint density at radius 2 is 1.67 bits per heavy atom. The van der Waals surface area contributed by atoms with Crippen LogP contribution in [0.3, 0.4) is 0 Å². The third-order valence-electron chi connectivity index (χ3n) is 7.07. The van der Waals surface area contributed by atoms with Gasteiger partial charge in [-0.3, -0.25) is 9.69 Å². The van der Waals surface area contributed by atoms with E-state index in [1.807, 2.05) is 48.5 Å². The van der Waals surface area contributed by atoms with E-state index in [4.69, 9.17) is 14.2 Å². The predicted molar refractivity (Wildman–Crippen MR) is 146 cm³/mol. The van der Waals surface area contributed by atoms with Gasteiger partial charge in [0.2, 0.25) is 5.91 Å². The van der Waals surface area contributed by atoms with Gasteiger partial charge in [0, 0.05) is 25.2 Å². The van der Waals surface area contributed by atoms with Crippen LogP contribution in [-0.2, 0) is 19.0 Å². The maximum absolute atomic E-state index is 13.4. The minimum atomic E-state index is -0.856. The molecule has 1 saturated heterocycles. The molecule has 0 aromatic heterocycles. The summed E-state index contributed by atoms with van der Waals surface area (Å²) < 4.78 is 18.3. The van der Waals surface area contributed by atoms with Gasteiger partial charge in [-0.1, -0.05) is 60.8 Å². The first-order valence-electron chi connectivity index (χ1n) is 14.1. The van der Waals surface area contributed by atoms with Gasteiger partial charge in [-0.15, -0.1) is 0 Å². The Bertz CT molecular complexity index is 684. The lowest BCUT2D eigenvalue weighted by Crippen LogP contribution is -2.52. The number of unbranched alkanes of at least 4 members (excludes halogenated alkanes) is 2. The Balaban J connectivity index is 3.15. The van der Waals surface area contributed by atoms with E-state index in [-0.39, 0.29) is 30.1 Å².